The number of hydrogen-bond acceptors (Lipinski definition) is 4. The molecule has 2 N–H and O–H groups in total. The predicted octanol–water partition coefficient (Wildman–Crippen LogP) is 0.739. The van der Waals surface area contributed by atoms with Gasteiger partial charge in [-0.3, -0.25) is 0 Å². The molecule has 0 radical (unpaired) electrons. The third-order valence-corrected chi connectivity index (χ3v) is 3.78. The summed E-state index contributed by atoms with van der Waals surface area (Å²) in [4.78, 5) is -0.0358. The summed E-state index contributed by atoms with van der Waals surface area (Å²) in [6, 6.07) is 5.98. The van der Waals surface area contributed by atoms with Crippen molar-refractivity contribution in [1.29, 1.82) is 0 Å². The van der Waals surface area contributed by atoms with Crippen molar-refractivity contribution < 1.29 is 27.0 Å². The Morgan fingerprint density at radius 1 is 1.32 bits per heavy atom. The van der Waals surface area contributed by atoms with Crippen LogP contribution < -0.4 is 4.72 Å². The van der Waals surface area contributed by atoms with E-state index in [9.17, 15) is 17.2 Å². The fourth-order valence-corrected chi connectivity index (χ4v) is 2.64. The van der Waals surface area contributed by atoms with Gasteiger partial charge < -0.3 is 9.84 Å². The van der Waals surface area contributed by atoms with E-state index < -0.39 is 29.7 Å². The number of rotatable bonds is 8. The van der Waals surface area contributed by atoms with E-state index in [-0.39, 0.29) is 23.6 Å². The second-order valence-corrected chi connectivity index (χ2v) is 5.36. The maximum Gasteiger partial charge on any atom is 0.261 e. The number of alkyl halides is 2. The maximum absolute atomic E-state index is 11.9. The summed E-state index contributed by atoms with van der Waals surface area (Å²) < 4.78 is 54.1. The third-order valence-electron chi connectivity index (χ3n) is 2.21. The number of nitrogens with one attached hydrogen (secondary N) is 1. The van der Waals surface area contributed by atoms with Crippen LogP contribution in [-0.2, 0) is 21.4 Å². The van der Waals surface area contributed by atoms with Crippen molar-refractivity contribution in [2.75, 3.05) is 19.8 Å². The second-order valence-electron chi connectivity index (χ2n) is 3.63. The Kier molecular flexibility index (Phi) is 6.29. The summed E-state index contributed by atoms with van der Waals surface area (Å²) >= 11 is 0. The number of hydrogen-bond donors (Lipinski definition) is 2. The lowest BCUT2D eigenvalue weighted by molar-refractivity contribution is 0.0199. The summed E-state index contributed by atoms with van der Waals surface area (Å²) in [6.07, 6.45) is -2.58. The molecule has 0 heterocycles. The highest BCUT2D eigenvalue weighted by Crippen LogP contribution is 2.14. The van der Waals surface area contributed by atoms with Gasteiger partial charge in [0, 0.05) is 6.54 Å². The van der Waals surface area contributed by atoms with Gasteiger partial charge in [-0.25, -0.2) is 21.9 Å². The van der Waals surface area contributed by atoms with Gasteiger partial charge in [-0.2, -0.15) is 0 Å². The number of benzene rings is 1. The van der Waals surface area contributed by atoms with Crippen LogP contribution >= 0.6 is 0 Å². The summed E-state index contributed by atoms with van der Waals surface area (Å²) in [7, 11) is -3.78. The number of halogens is 2. The Morgan fingerprint density at radius 2 is 2.00 bits per heavy atom. The van der Waals surface area contributed by atoms with Gasteiger partial charge in [0.1, 0.15) is 6.61 Å². The first-order valence-electron chi connectivity index (χ1n) is 5.51. The summed E-state index contributed by atoms with van der Waals surface area (Å²) in [5.41, 5.74) is 0.267. The number of ether oxygens (including phenoxy) is 1. The van der Waals surface area contributed by atoms with Crippen molar-refractivity contribution in [3.8, 4) is 0 Å². The minimum atomic E-state index is -3.78. The first-order valence-corrected chi connectivity index (χ1v) is 7.00. The molecule has 0 unspecified atom stereocenters. The van der Waals surface area contributed by atoms with Crippen LogP contribution in [0, 0.1) is 0 Å². The van der Waals surface area contributed by atoms with Gasteiger partial charge in [0.05, 0.1) is 18.1 Å². The molecule has 0 atom stereocenters. The van der Waals surface area contributed by atoms with Crippen molar-refractivity contribution in [2.45, 2.75) is 17.9 Å². The summed E-state index contributed by atoms with van der Waals surface area (Å²) in [5.74, 6) is 0. The fraction of sp³-hybridized carbons (Fsp3) is 0.455. The van der Waals surface area contributed by atoms with Crippen molar-refractivity contribution >= 4 is 10.0 Å². The zero-order valence-corrected chi connectivity index (χ0v) is 10.9. The first-order chi connectivity index (χ1) is 8.97. The molecule has 1 aromatic carbocycles. The van der Waals surface area contributed by atoms with E-state index in [2.05, 4.69) is 9.46 Å². The SMILES string of the molecule is O=S(=O)(NCCOCC(F)F)c1ccccc1CO. The van der Waals surface area contributed by atoms with Gasteiger partial charge in [0.2, 0.25) is 10.0 Å². The molecule has 0 bridgehead atoms. The quantitative estimate of drug-likeness (QED) is 0.694. The molecule has 0 aliphatic rings. The normalized spacial score (nSPS) is 12.0. The Hall–Kier alpha value is -1.09. The molecule has 0 aliphatic heterocycles. The highest BCUT2D eigenvalue weighted by molar-refractivity contribution is 7.89. The average molecular weight is 295 g/mol. The molecule has 0 saturated heterocycles. The third kappa shape index (κ3) is 5.19. The lowest BCUT2D eigenvalue weighted by Crippen LogP contribution is -2.28. The molecule has 1 aromatic rings. The van der Waals surface area contributed by atoms with Gasteiger partial charge in [0.25, 0.3) is 6.43 Å². The van der Waals surface area contributed by atoms with E-state index >= 15 is 0 Å². The van der Waals surface area contributed by atoms with E-state index in [0.717, 1.165) is 0 Å². The Morgan fingerprint density at radius 3 is 2.63 bits per heavy atom. The minimum Gasteiger partial charge on any atom is -0.392 e. The topological polar surface area (TPSA) is 75.6 Å². The Balaban J connectivity index is 2.56. The molecular formula is C11H15F2NO4S. The van der Waals surface area contributed by atoms with E-state index in [4.69, 9.17) is 5.11 Å². The van der Waals surface area contributed by atoms with Gasteiger partial charge in [-0.05, 0) is 11.6 Å². The molecular weight excluding hydrogens is 280 g/mol. The van der Waals surface area contributed by atoms with Gasteiger partial charge in [0.15, 0.2) is 0 Å². The first kappa shape index (κ1) is 16.0. The Labute approximate surface area is 110 Å². The molecule has 0 spiro atoms. The second kappa shape index (κ2) is 7.49. The fourth-order valence-electron chi connectivity index (χ4n) is 1.39. The average Bonchev–Trinajstić information content (AvgIpc) is 2.37. The van der Waals surface area contributed by atoms with Crippen LogP contribution in [0.25, 0.3) is 0 Å². The standard InChI is InChI=1S/C11H15F2NO4S/c12-11(13)8-18-6-5-14-19(16,17)10-4-2-1-3-9(10)7-15/h1-4,11,14-15H,5-8H2. The van der Waals surface area contributed by atoms with Crippen LogP contribution in [-0.4, -0.2) is 39.7 Å². The van der Waals surface area contributed by atoms with Crippen LogP contribution in [0.3, 0.4) is 0 Å². The number of aliphatic hydroxyl groups is 1. The number of aliphatic hydroxyl groups excluding tert-OH is 1. The van der Waals surface area contributed by atoms with Crippen molar-refractivity contribution in [3.63, 3.8) is 0 Å². The van der Waals surface area contributed by atoms with Crippen LogP contribution in [0.15, 0.2) is 29.2 Å². The van der Waals surface area contributed by atoms with Crippen molar-refractivity contribution in [3.05, 3.63) is 29.8 Å². The molecule has 0 amide bonds. The molecule has 0 aromatic heterocycles. The van der Waals surface area contributed by atoms with Gasteiger partial charge in [-0.1, -0.05) is 18.2 Å². The van der Waals surface area contributed by atoms with Gasteiger partial charge >= 0.3 is 0 Å². The molecule has 0 fully saturated rings. The van der Waals surface area contributed by atoms with Crippen molar-refractivity contribution in [2.24, 2.45) is 0 Å². The van der Waals surface area contributed by atoms with Crippen LogP contribution in [0.2, 0.25) is 0 Å². The number of sulfonamides is 1. The zero-order valence-electron chi connectivity index (χ0n) is 10.1. The monoisotopic (exact) mass is 295 g/mol. The largest absolute Gasteiger partial charge is 0.392 e. The Bertz CT molecular complexity index is 493. The highest BCUT2D eigenvalue weighted by Gasteiger charge is 2.16. The summed E-state index contributed by atoms with van der Waals surface area (Å²) in [6.45, 7) is -1.40. The van der Waals surface area contributed by atoms with E-state index in [0.29, 0.717) is 0 Å². The van der Waals surface area contributed by atoms with Crippen LogP contribution in [0.5, 0.6) is 0 Å². The van der Waals surface area contributed by atoms with Gasteiger partial charge in [-0.15, -0.1) is 0 Å². The lowest BCUT2D eigenvalue weighted by Gasteiger charge is -2.10. The van der Waals surface area contributed by atoms with Crippen LogP contribution in [0.4, 0.5) is 8.78 Å². The maximum atomic E-state index is 11.9. The highest BCUT2D eigenvalue weighted by atomic mass is 32.2. The minimum absolute atomic E-state index is 0.0358. The predicted molar refractivity (Wildman–Crippen MR) is 64.4 cm³/mol. The molecule has 19 heavy (non-hydrogen) atoms. The van der Waals surface area contributed by atoms with E-state index in [1.165, 1.54) is 18.2 Å². The summed E-state index contributed by atoms with van der Waals surface area (Å²) in [5, 5.41) is 9.05. The molecule has 8 heteroatoms. The lowest BCUT2D eigenvalue weighted by atomic mass is 10.2. The smallest absolute Gasteiger partial charge is 0.261 e. The van der Waals surface area contributed by atoms with Crippen molar-refractivity contribution in [1.82, 2.24) is 4.72 Å². The van der Waals surface area contributed by atoms with Crippen LogP contribution in [0.1, 0.15) is 5.56 Å². The molecule has 1 rings (SSSR count). The molecule has 0 saturated carbocycles. The van der Waals surface area contributed by atoms with E-state index in [1.54, 1.807) is 6.07 Å². The van der Waals surface area contributed by atoms with E-state index in [1.807, 2.05) is 0 Å². The zero-order chi connectivity index (χ0) is 14.3. The molecule has 108 valence electrons. The molecule has 5 nitrogen and oxygen atoms in total. The molecule has 0 aliphatic carbocycles.